The SMILES string of the molecule is CCc1nc(C)ccc1Oc1ncnc(NN)c1Br. The van der Waals surface area contributed by atoms with Crippen molar-refractivity contribution in [3.05, 3.63) is 34.3 Å². The molecule has 0 atom stereocenters. The summed E-state index contributed by atoms with van der Waals surface area (Å²) in [6, 6.07) is 3.77. The van der Waals surface area contributed by atoms with E-state index in [0.717, 1.165) is 17.8 Å². The van der Waals surface area contributed by atoms with Crippen LogP contribution in [0.25, 0.3) is 0 Å². The van der Waals surface area contributed by atoms with Crippen LogP contribution < -0.4 is 16.0 Å². The number of halogens is 1. The van der Waals surface area contributed by atoms with Crippen LogP contribution in [-0.4, -0.2) is 15.0 Å². The summed E-state index contributed by atoms with van der Waals surface area (Å²) in [5.41, 5.74) is 4.30. The predicted octanol–water partition coefficient (Wildman–Crippen LogP) is 2.58. The number of nitrogen functional groups attached to an aromatic ring is 1. The second-order valence-corrected chi connectivity index (χ2v) is 4.63. The highest BCUT2D eigenvalue weighted by molar-refractivity contribution is 9.10. The van der Waals surface area contributed by atoms with E-state index in [1.165, 1.54) is 6.33 Å². The maximum absolute atomic E-state index is 5.77. The molecule has 0 radical (unpaired) electrons. The lowest BCUT2D eigenvalue weighted by atomic mass is 10.2. The molecule has 19 heavy (non-hydrogen) atoms. The van der Waals surface area contributed by atoms with E-state index in [1.54, 1.807) is 0 Å². The molecule has 0 aliphatic carbocycles. The maximum atomic E-state index is 5.77. The number of ether oxygens (including phenoxy) is 1. The Morgan fingerprint density at radius 2 is 2.16 bits per heavy atom. The van der Waals surface area contributed by atoms with Crippen LogP contribution in [0.2, 0.25) is 0 Å². The van der Waals surface area contributed by atoms with Gasteiger partial charge in [-0.2, -0.15) is 0 Å². The molecule has 0 fully saturated rings. The van der Waals surface area contributed by atoms with Crippen molar-refractivity contribution in [3.63, 3.8) is 0 Å². The normalized spacial score (nSPS) is 10.3. The number of nitrogens with two attached hydrogens (primary N) is 1. The average Bonchev–Trinajstić information content (AvgIpc) is 2.42. The van der Waals surface area contributed by atoms with Crippen LogP contribution in [0.3, 0.4) is 0 Å². The van der Waals surface area contributed by atoms with Crippen molar-refractivity contribution in [2.75, 3.05) is 5.43 Å². The minimum absolute atomic E-state index is 0.392. The zero-order valence-corrected chi connectivity index (χ0v) is 12.2. The molecule has 100 valence electrons. The van der Waals surface area contributed by atoms with E-state index in [1.807, 2.05) is 26.0 Å². The maximum Gasteiger partial charge on any atom is 0.239 e. The van der Waals surface area contributed by atoms with Crippen molar-refractivity contribution < 1.29 is 4.74 Å². The molecule has 6 nitrogen and oxygen atoms in total. The molecule has 0 spiro atoms. The van der Waals surface area contributed by atoms with Gasteiger partial charge in [0, 0.05) is 5.69 Å². The molecular weight excluding hydrogens is 310 g/mol. The van der Waals surface area contributed by atoms with Crippen molar-refractivity contribution in [1.29, 1.82) is 0 Å². The first kappa shape index (κ1) is 13.7. The number of pyridine rings is 1. The van der Waals surface area contributed by atoms with Crippen LogP contribution >= 0.6 is 15.9 Å². The highest BCUT2D eigenvalue weighted by Gasteiger charge is 2.12. The van der Waals surface area contributed by atoms with Gasteiger partial charge in [0.05, 0.1) is 5.69 Å². The molecule has 7 heteroatoms. The summed E-state index contributed by atoms with van der Waals surface area (Å²) in [4.78, 5) is 12.5. The van der Waals surface area contributed by atoms with Crippen LogP contribution in [0, 0.1) is 6.92 Å². The first-order valence-corrected chi connectivity index (χ1v) is 6.56. The largest absolute Gasteiger partial charge is 0.436 e. The van der Waals surface area contributed by atoms with E-state index in [2.05, 4.69) is 36.3 Å². The van der Waals surface area contributed by atoms with Gasteiger partial charge in [0.25, 0.3) is 0 Å². The molecule has 0 aliphatic rings. The van der Waals surface area contributed by atoms with Gasteiger partial charge >= 0.3 is 0 Å². The number of anilines is 1. The lowest BCUT2D eigenvalue weighted by Crippen LogP contribution is -2.10. The van der Waals surface area contributed by atoms with E-state index in [4.69, 9.17) is 10.6 Å². The van der Waals surface area contributed by atoms with E-state index in [0.29, 0.717) is 21.9 Å². The highest BCUT2D eigenvalue weighted by atomic mass is 79.9. The molecule has 2 rings (SSSR count). The van der Waals surface area contributed by atoms with Gasteiger partial charge in [-0.15, -0.1) is 0 Å². The Kier molecular flexibility index (Phi) is 4.28. The molecule has 0 saturated carbocycles. The summed E-state index contributed by atoms with van der Waals surface area (Å²) < 4.78 is 6.34. The van der Waals surface area contributed by atoms with Gasteiger partial charge in [-0.25, -0.2) is 15.8 Å². The summed E-state index contributed by atoms with van der Waals surface area (Å²) >= 11 is 3.35. The van der Waals surface area contributed by atoms with Gasteiger partial charge < -0.3 is 10.2 Å². The summed E-state index contributed by atoms with van der Waals surface area (Å²) in [5, 5.41) is 0. The molecule has 3 N–H and O–H groups in total. The number of rotatable bonds is 4. The topological polar surface area (TPSA) is 86.0 Å². The Labute approximate surface area is 119 Å². The van der Waals surface area contributed by atoms with E-state index < -0.39 is 0 Å². The third kappa shape index (κ3) is 2.99. The van der Waals surface area contributed by atoms with Crippen LogP contribution in [0.1, 0.15) is 18.3 Å². The minimum atomic E-state index is 0.392. The van der Waals surface area contributed by atoms with Gasteiger partial charge in [0.2, 0.25) is 5.88 Å². The summed E-state index contributed by atoms with van der Waals surface area (Å²) in [7, 11) is 0. The number of nitrogens with one attached hydrogen (secondary N) is 1. The summed E-state index contributed by atoms with van der Waals surface area (Å²) in [5.74, 6) is 6.88. The van der Waals surface area contributed by atoms with E-state index >= 15 is 0 Å². The van der Waals surface area contributed by atoms with Crippen LogP contribution in [0.4, 0.5) is 5.82 Å². The van der Waals surface area contributed by atoms with Crippen molar-refractivity contribution in [2.45, 2.75) is 20.3 Å². The van der Waals surface area contributed by atoms with Crippen molar-refractivity contribution >= 4 is 21.7 Å². The third-order valence-electron chi connectivity index (χ3n) is 2.51. The molecule has 0 bridgehead atoms. The smallest absolute Gasteiger partial charge is 0.239 e. The Hall–Kier alpha value is -1.73. The van der Waals surface area contributed by atoms with Crippen molar-refractivity contribution in [2.24, 2.45) is 5.84 Å². The Balaban J connectivity index is 2.36. The van der Waals surface area contributed by atoms with Crippen LogP contribution in [0.5, 0.6) is 11.6 Å². The minimum Gasteiger partial charge on any atom is -0.436 e. The summed E-state index contributed by atoms with van der Waals surface area (Å²) in [6.45, 7) is 3.97. The van der Waals surface area contributed by atoms with Crippen LogP contribution in [-0.2, 0) is 6.42 Å². The van der Waals surface area contributed by atoms with Gasteiger partial charge in [-0.1, -0.05) is 6.92 Å². The quantitative estimate of drug-likeness (QED) is 0.664. The van der Waals surface area contributed by atoms with Gasteiger partial charge in [0.1, 0.15) is 10.8 Å². The van der Waals surface area contributed by atoms with E-state index in [-0.39, 0.29) is 0 Å². The Morgan fingerprint density at radius 1 is 1.37 bits per heavy atom. The molecule has 0 aliphatic heterocycles. The molecule has 0 saturated heterocycles. The molecule has 0 aromatic carbocycles. The Bertz CT molecular complexity index is 590. The number of hydrogen-bond donors (Lipinski definition) is 2. The first-order valence-electron chi connectivity index (χ1n) is 5.77. The standard InChI is InChI=1S/C12H14BrN5O/c1-3-8-9(5-4-7(2)17-8)19-12-10(13)11(18-14)15-6-16-12/h4-6H,3,14H2,1-2H3,(H,15,16,18). The fraction of sp³-hybridized carbons (Fsp3) is 0.250. The predicted molar refractivity (Wildman–Crippen MR) is 76.0 cm³/mol. The van der Waals surface area contributed by atoms with Gasteiger partial charge in [-0.05, 0) is 41.4 Å². The first-order chi connectivity index (χ1) is 9.15. The third-order valence-corrected chi connectivity index (χ3v) is 3.22. The van der Waals surface area contributed by atoms with Gasteiger partial charge in [0.15, 0.2) is 11.6 Å². The Morgan fingerprint density at radius 3 is 2.84 bits per heavy atom. The number of hydrogen-bond acceptors (Lipinski definition) is 6. The molecular formula is C12H14BrN5O. The lowest BCUT2D eigenvalue weighted by molar-refractivity contribution is 0.450. The van der Waals surface area contributed by atoms with Crippen molar-refractivity contribution in [1.82, 2.24) is 15.0 Å². The summed E-state index contributed by atoms with van der Waals surface area (Å²) in [6.07, 6.45) is 2.16. The fourth-order valence-corrected chi connectivity index (χ4v) is 1.97. The number of nitrogens with zero attached hydrogens (tertiary/aromatic N) is 3. The highest BCUT2D eigenvalue weighted by Crippen LogP contribution is 2.32. The molecule has 2 heterocycles. The monoisotopic (exact) mass is 323 g/mol. The number of aryl methyl sites for hydroxylation is 2. The second kappa shape index (κ2) is 5.94. The average molecular weight is 324 g/mol. The molecule has 2 aromatic heterocycles. The second-order valence-electron chi connectivity index (χ2n) is 3.84. The zero-order chi connectivity index (χ0) is 13.8. The molecule has 0 unspecified atom stereocenters. The molecule has 2 aromatic rings. The fourth-order valence-electron chi connectivity index (χ4n) is 1.57. The lowest BCUT2D eigenvalue weighted by Gasteiger charge is -2.11. The number of aromatic nitrogens is 3. The van der Waals surface area contributed by atoms with Crippen molar-refractivity contribution in [3.8, 4) is 11.6 Å². The number of hydrazine groups is 1. The van der Waals surface area contributed by atoms with Crippen LogP contribution in [0.15, 0.2) is 22.9 Å². The van der Waals surface area contributed by atoms with E-state index in [9.17, 15) is 0 Å². The molecule has 0 amide bonds. The van der Waals surface area contributed by atoms with Gasteiger partial charge in [-0.3, -0.25) is 4.98 Å². The zero-order valence-electron chi connectivity index (χ0n) is 10.6.